The maximum atomic E-state index is 14.7. The van der Waals surface area contributed by atoms with Crippen LogP contribution in [0.5, 0.6) is 5.75 Å². The fourth-order valence-electron chi connectivity index (χ4n) is 6.91. The number of nitrogens with one attached hydrogen (secondary N) is 1. The molecule has 3 aromatic carbocycles. The second-order valence-electron chi connectivity index (χ2n) is 10.4. The molecule has 4 heterocycles. The number of benzene rings is 3. The minimum atomic E-state index is -1.38. The van der Waals surface area contributed by atoms with Crippen molar-refractivity contribution in [1.82, 2.24) is 0 Å². The van der Waals surface area contributed by atoms with Gasteiger partial charge in [0.2, 0.25) is 11.7 Å². The van der Waals surface area contributed by atoms with Crippen LogP contribution in [-0.2, 0) is 10.2 Å². The summed E-state index contributed by atoms with van der Waals surface area (Å²) in [4.78, 5) is 45.5. The zero-order valence-corrected chi connectivity index (χ0v) is 22.0. The van der Waals surface area contributed by atoms with E-state index in [-0.39, 0.29) is 17.5 Å². The van der Waals surface area contributed by atoms with E-state index in [1.807, 2.05) is 66.4 Å². The van der Waals surface area contributed by atoms with Gasteiger partial charge in [-0.3, -0.25) is 14.4 Å². The molecule has 0 bridgehead atoms. The number of Topliss-reactive ketones (excluding diaryl/α,β-unsaturated/α-hetero) is 2. The molecule has 0 radical (unpaired) electrons. The highest BCUT2D eigenvalue weighted by molar-refractivity contribution is 6.18. The molecule has 3 aliphatic heterocycles. The molecule has 0 saturated carbocycles. The van der Waals surface area contributed by atoms with Crippen LogP contribution in [0.4, 0.5) is 11.4 Å². The molecular weight excluding hydrogens is 504 g/mol. The lowest BCUT2D eigenvalue weighted by molar-refractivity contribution is -0.121. The summed E-state index contributed by atoms with van der Waals surface area (Å²) in [5.74, 6) is -1.41. The van der Waals surface area contributed by atoms with Crippen LogP contribution < -0.4 is 15.0 Å². The lowest BCUT2D eigenvalue weighted by atomic mass is 9.64. The second kappa shape index (κ2) is 8.81. The van der Waals surface area contributed by atoms with Crippen LogP contribution in [0.25, 0.3) is 5.57 Å². The van der Waals surface area contributed by atoms with Crippen LogP contribution in [-0.4, -0.2) is 36.7 Å². The highest BCUT2D eigenvalue weighted by Gasteiger charge is 2.70. The Morgan fingerprint density at radius 1 is 0.950 bits per heavy atom. The van der Waals surface area contributed by atoms with Crippen molar-refractivity contribution in [3.05, 3.63) is 120 Å². The minimum absolute atomic E-state index is 0.110. The van der Waals surface area contributed by atoms with E-state index in [9.17, 15) is 14.4 Å². The number of hydrogen-bond donors (Lipinski definition) is 1. The van der Waals surface area contributed by atoms with Crippen molar-refractivity contribution in [2.75, 3.05) is 17.3 Å². The molecule has 198 valence electrons. The van der Waals surface area contributed by atoms with Crippen LogP contribution in [0.3, 0.4) is 0 Å². The van der Waals surface area contributed by atoms with Crippen molar-refractivity contribution < 1.29 is 23.5 Å². The van der Waals surface area contributed by atoms with Gasteiger partial charge in [0.05, 0.1) is 25.3 Å². The SMILES string of the molecule is COc1cccc(C(=O)[C@@H]2[C@H](C(=O)c3ccco3)[C@]3(C(=O)Nc4ccccc43)[C@@H]3C=C(C)c4ccccc4N23)c1. The molecule has 4 atom stereocenters. The lowest BCUT2D eigenvalue weighted by Crippen LogP contribution is -2.51. The highest BCUT2D eigenvalue weighted by Crippen LogP contribution is 2.58. The number of rotatable bonds is 5. The van der Waals surface area contributed by atoms with Crippen molar-refractivity contribution in [3.8, 4) is 5.75 Å². The molecule has 40 heavy (non-hydrogen) atoms. The van der Waals surface area contributed by atoms with Crippen LogP contribution in [0.15, 0.2) is 102 Å². The first-order valence-electron chi connectivity index (χ1n) is 13.2. The molecule has 3 aliphatic rings. The molecule has 1 aromatic heterocycles. The predicted octanol–water partition coefficient (Wildman–Crippen LogP) is 5.53. The van der Waals surface area contributed by atoms with Crippen molar-refractivity contribution in [2.24, 2.45) is 5.92 Å². The largest absolute Gasteiger partial charge is 0.497 e. The number of hydrogen-bond acceptors (Lipinski definition) is 6. The minimum Gasteiger partial charge on any atom is -0.497 e. The highest BCUT2D eigenvalue weighted by atomic mass is 16.5. The van der Waals surface area contributed by atoms with E-state index < -0.39 is 29.2 Å². The van der Waals surface area contributed by atoms with Gasteiger partial charge in [-0.15, -0.1) is 0 Å². The molecule has 7 rings (SSSR count). The number of anilines is 2. The van der Waals surface area contributed by atoms with E-state index in [4.69, 9.17) is 9.15 Å². The monoisotopic (exact) mass is 530 g/mol. The lowest BCUT2D eigenvalue weighted by Gasteiger charge is -2.39. The number of methoxy groups -OCH3 is 1. The van der Waals surface area contributed by atoms with E-state index in [1.54, 1.807) is 43.5 Å². The number of ketones is 2. The Morgan fingerprint density at radius 3 is 2.55 bits per heavy atom. The normalized spacial score (nSPS) is 24.1. The first-order valence-corrected chi connectivity index (χ1v) is 13.2. The molecule has 7 nitrogen and oxygen atoms in total. The first kappa shape index (κ1) is 24.2. The summed E-state index contributed by atoms with van der Waals surface area (Å²) < 4.78 is 11.0. The summed E-state index contributed by atoms with van der Waals surface area (Å²) in [5, 5.41) is 3.04. The molecule has 4 aromatic rings. The number of amides is 1. The molecule has 1 saturated heterocycles. The van der Waals surface area contributed by atoms with E-state index in [1.165, 1.54) is 6.26 Å². The number of allylic oxidation sites excluding steroid dienone is 1. The van der Waals surface area contributed by atoms with Gasteiger partial charge in [-0.2, -0.15) is 0 Å². The molecule has 1 amide bonds. The second-order valence-corrected chi connectivity index (χ2v) is 10.4. The average Bonchev–Trinajstić information content (AvgIpc) is 3.70. The Labute approximate surface area is 231 Å². The third-order valence-corrected chi connectivity index (χ3v) is 8.55. The third kappa shape index (κ3) is 3.14. The predicted molar refractivity (Wildman–Crippen MR) is 151 cm³/mol. The van der Waals surface area contributed by atoms with Gasteiger partial charge in [-0.05, 0) is 54.5 Å². The molecule has 7 heteroatoms. The average molecular weight is 531 g/mol. The fourth-order valence-corrected chi connectivity index (χ4v) is 6.91. The molecule has 0 unspecified atom stereocenters. The topological polar surface area (TPSA) is 88.9 Å². The van der Waals surface area contributed by atoms with Crippen LogP contribution in [0, 0.1) is 5.92 Å². The van der Waals surface area contributed by atoms with E-state index in [2.05, 4.69) is 5.32 Å². The first-order chi connectivity index (χ1) is 19.5. The van der Waals surface area contributed by atoms with E-state index >= 15 is 0 Å². The number of fused-ring (bicyclic) bond motifs is 6. The number of nitrogens with zero attached hydrogens (tertiary/aromatic N) is 1. The van der Waals surface area contributed by atoms with Crippen LogP contribution >= 0.6 is 0 Å². The molecular formula is C33H26N2O5. The van der Waals surface area contributed by atoms with E-state index in [0.29, 0.717) is 22.6 Å². The summed E-state index contributed by atoms with van der Waals surface area (Å²) in [5.41, 5.74) is 3.09. The zero-order chi connectivity index (χ0) is 27.6. The Balaban J connectivity index is 1.55. The molecule has 1 N–H and O–H groups in total. The van der Waals surface area contributed by atoms with Crippen LogP contribution in [0.2, 0.25) is 0 Å². The maximum absolute atomic E-state index is 14.7. The molecule has 0 aliphatic carbocycles. The molecule has 1 fully saturated rings. The smallest absolute Gasteiger partial charge is 0.238 e. The number of para-hydroxylation sites is 2. The number of carbonyl (C=O) groups excluding carboxylic acids is 3. The number of ether oxygens (including phenoxy) is 1. The van der Waals surface area contributed by atoms with Crippen molar-refractivity contribution in [2.45, 2.75) is 24.4 Å². The van der Waals surface area contributed by atoms with Gasteiger partial charge in [0, 0.05) is 22.5 Å². The Hall–Kier alpha value is -4.91. The van der Waals surface area contributed by atoms with Crippen LogP contribution in [0.1, 0.15) is 39.0 Å². The fraction of sp³-hybridized carbons (Fsp3) is 0.182. The van der Waals surface area contributed by atoms with Gasteiger partial charge < -0.3 is 19.4 Å². The third-order valence-electron chi connectivity index (χ3n) is 8.55. The summed E-state index contributed by atoms with van der Waals surface area (Å²) in [6.45, 7) is 2.00. The Bertz CT molecular complexity index is 1720. The zero-order valence-electron chi connectivity index (χ0n) is 22.0. The Kier molecular flexibility index (Phi) is 5.32. The summed E-state index contributed by atoms with van der Waals surface area (Å²) in [6.07, 6.45) is 3.47. The maximum Gasteiger partial charge on any atom is 0.238 e. The van der Waals surface area contributed by atoms with Gasteiger partial charge >= 0.3 is 0 Å². The van der Waals surface area contributed by atoms with Gasteiger partial charge in [-0.25, -0.2) is 0 Å². The summed E-state index contributed by atoms with van der Waals surface area (Å²) in [7, 11) is 1.54. The summed E-state index contributed by atoms with van der Waals surface area (Å²) in [6, 6.07) is 23.8. The standard InChI is InChI=1S/C33H26N2O5/c1-19-17-27-33(23-12-4-5-13-24(23)34-32(33)38)28(31(37)26-15-8-16-40-26)29(35(27)25-14-6-3-11-22(19)25)30(36)20-9-7-10-21(18-20)39-2/h3-18,27-29H,1-2H3,(H,34,38)/t27-,28+,29-,33+/m0/s1. The van der Waals surface area contributed by atoms with Gasteiger partial charge in [0.1, 0.15) is 17.2 Å². The number of furan rings is 1. The van der Waals surface area contributed by atoms with Gasteiger partial charge in [0.25, 0.3) is 0 Å². The van der Waals surface area contributed by atoms with Crippen molar-refractivity contribution in [1.29, 1.82) is 0 Å². The van der Waals surface area contributed by atoms with Crippen molar-refractivity contribution >= 4 is 34.4 Å². The Morgan fingerprint density at radius 2 is 1.75 bits per heavy atom. The van der Waals surface area contributed by atoms with E-state index in [0.717, 1.165) is 16.8 Å². The van der Waals surface area contributed by atoms with Gasteiger partial charge in [0.15, 0.2) is 11.5 Å². The summed E-state index contributed by atoms with van der Waals surface area (Å²) >= 11 is 0. The number of carbonyl (C=O) groups is 3. The quantitative estimate of drug-likeness (QED) is 0.341. The van der Waals surface area contributed by atoms with Crippen molar-refractivity contribution in [3.63, 3.8) is 0 Å². The molecule has 1 spiro atoms. The van der Waals surface area contributed by atoms with Gasteiger partial charge in [-0.1, -0.05) is 54.6 Å².